The van der Waals surface area contributed by atoms with Crippen LogP contribution in [0.15, 0.2) is 42.8 Å². The lowest BCUT2D eigenvalue weighted by atomic mass is 10.0. The molecule has 12 heavy (non-hydrogen) atoms. The maximum atomic E-state index is 3.25. The standard InChI is InChI=1S/C10H11N2/c1-3-7-11-9(5-1)10-6-2-4-8-12-10/h1,3-12H/t9-,10?/m1/s1. The van der Waals surface area contributed by atoms with Gasteiger partial charge in [0.25, 0.3) is 0 Å². The minimum Gasteiger partial charge on any atom is -0.382 e. The van der Waals surface area contributed by atoms with Crippen molar-refractivity contribution in [3.05, 3.63) is 48.9 Å². The van der Waals surface area contributed by atoms with E-state index in [4.69, 9.17) is 0 Å². The van der Waals surface area contributed by atoms with Gasteiger partial charge < -0.3 is 10.6 Å². The van der Waals surface area contributed by atoms with Crippen molar-refractivity contribution < 1.29 is 0 Å². The third-order valence-electron chi connectivity index (χ3n) is 1.95. The summed E-state index contributed by atoms with van der Waals surface area (Å²) in [5.74, 6) is 0. The molecule has 0 aromatic rings. The zero-order valence-corrected chi connectivity index (χ0v) is 6.70. The Hall–Kier alpha value is -1.44. The molecule has 61 valence electrons. The van der Waals surface area contributed by atoms with Gasteiger partial charge in [-0.05, 0) is 30.6 Å². The summed E-state index contributed by atoms with van der Waals surface area (Å²) in [6.45, 7) is 0. The Labute approximate surface area is 72.4 Å². The summed E-state index contributed by atoms with van der Waals surface area (Å²) in [7, 11) is 0. The number of nitrogens with one attached hydrogen (secondary N) is 2. The van der Waals surface area contributed by atoms with Crippen LogP contribution < -0.4 is 10.6 Å². The number of dihydropyridines is 2. The fourth-order valence-electron chi connectivity index (χ4n) is 1.31. The maximum Gasteiger partial charge on any atom is 0.0685 e. The van der Waals surface area contributed by atoms with Gasteiger partial charge in [0.2, 0.25) is 0 Å². The summed E-state index contributed by atoms with van der Waals surface area (Å²) in [6, 6.07) is 0.656. The van der Waals surface area contributed by atoms with E-state index in [2.05, 4.69) is 28.9 Å². The van der Waals surface area contributed by atoms with Crippen molar-refractivity contribution in [2.75, 3.05) is 0 Å². The van der Waals surface area contributed by atoms with Crippen LogP contribution in [0.25, 0.3) is 0 Å². The van der Waals surface area contributed by atoms with Gasteiger partial charge in [-0.25, -0.2) is 0 Å². The average molecular weight is 159 g/mol. The first kappa shape index (κ1) is 7.22. The van der Waals surface area contributed by atoms with Gasteiger partial charge >= 0.3 is 0 Å². The predicted octanol–water partition coefficient (Wildman–Crippen LogP) is 0.873. The van der Waals surface area contributed by atoms with E-state index >= 15 is 0 Å². The molecule has 0 aromatic carbocycles. The molecule has 0 aromatic heterocycles. The van der Waals surface area contributed by atoms with Gasteiger partial charge in [0, 0.05) is 0 Å². The molecular formula is C10H11N2. The van der Waals surface area contributed by atoms with Crippen molar-refractivity contribution in [3.8, 4) is 0 Å². The first-order valence-electron chi connectivity index (χ1n) is 4.07. The van der Waals surface area contributed by atoms with Crippen LogP contribution >= 0.6 is 0 Å². The van der Waals surface area contributed by atoms with Crippen LogP contribution in [0.3, 0.4) is 0 Å². The SMILES string of the molecule is [C]1=CC([C@H]2C=CC=CN2)NC=C1. The molecule has 2 heterocycles. The molecule has 2 atom stereocenters. The first-order chi connectivity index (χ1) is 5.97. The maximum absolute atomic E-state index is 3.25. The summed E-state index contributed by atoms with van der Waals surface area (Å²) in [4.78, 5) is 0. The van der Waals surface area contributed by atoms with E-state index in [0.717, 1.165) is 0 Å². The molecular weight excluding hydrogens is 148 g/mol. The zero-order chi connectivity index (χ0) is 8.23. The van der Waals surface area contributed by atoms with Crippen molar-refractivity contribution >= 4 is 0 Å². The van der Waals surface area contributed by atoms with Gasteiger partial charge in [0.05, 0.1) is 12.1 Å². The van der Waals surface area contributed by atoms with E-state index in [0.29, 0.717) is 12.1 Å². The quantitative estimate of drug-likeness (QED) is 0.593. The second-order valence-corrected chi connectivity index (χ2v) is 2.80. The molecule has 2 rings (SSSR count). The molecule has 0 amide bonds. The highest BCUT2D eigenvalue weighted by Crippen LogP contribution is 2.04. The van der Waals surface area contributed by atoms with Crippen molar-refractivity contribution in [3.63, 3.8) is 0 Å². The van der Waals surface area contributed by atoms with Crippen LogP contribution in [0.1, 0.15) is 0 Å². The topological polar surface area (TPSA) is 24.1 Å². The van der Waals surface area contributed by atoms with Crippen molar-refractivity contribution in [2.45, 2.75) is 12.1 Å². The summed E-state index contributed by atoms with van der Waals surface area (Å²) >= 11 is 0. The Morgan fingerprint density at radius 2 is 1.92 bits per heavy atom. The summed E-state index contributed by atoms with van der Waals surface area (Å²) in [5.41, 5.74) is 0. The van der Waals surface area contributed by atoms with Crippen LogP contribution in [0.2, 0.25) is 0 Å². The van der Waals surface area contributed by atoms with Crippen molar-refractivity contribution in [1.82, 2.24) is 10.6 Å². The number of hydrogen-bond acceptors (Lipinski definition) is 2. The highest BCUT2D eigenvalue weighted by molar-refractivity contribution is 5.20. The smallest absolute Gasteiger partial charge is 0.0685 e. The van der Waals surface area contributed by atoms with E-state index < -0.39 is 0 Å². The minimum atomic E-state index is 0.316. The Kier molecular flexibility index (Phi) is 1.99. The molecule has 0 spiro atoms. The fraction of sp³-hybridized carbons (Fsp3) is 0.200. The van der Waals surface area contributed by atoms with Gasteiger partial charge in [-0.2, -0.15) is 0 Å². The van der Waals surface area contributed by atoms with E-state index in [1.807, 2.05) is 30.6 Å². The van der Waals surface area contributed by atoms with E-state index in [1.165, 1.54) is 0 Å². The van der Waals surface area contributed by atoms with E-state index in [9.17, 15) is 0 Å². The van der Waals surface area contributed by atoms with Gasteiger partial charge in [-0.15, -0.1) is 0 Å². The van der Waals surface area contributed by atoms with Crippen LogP contribution in [-0.2, 0) is 0 Å². The molecule has 0 aliphatic carbocycles. The number of rotatable bonds is 1. The van der Waals surface area contributed by atoms with Crippen LogP contribution in [-0.4, -0.2) is 12.1 Å². The molecule has 1 unspecified atom stereocenters. The van der Waals surface area contributed by atoms with E-state index in [-0.39, 0.29) is 0 Å². The van der Waals surface area contributed by atoms with Crippen LogP contribution in [0.4, 0.5) is 0 Å². The molecule has 2 aliphatic rings. The molecule has 0 bridgehead atoms. The van der Waals surface area contributed by atoms with Crippen LogP contribution in [0, 0.1) is 6.08 Å². The molecule has 2 aliphatic heterocycles. The number of allylic oxidation sites excluding steroid dienone is 4. The minimum absolute atomic E-state index is 0.316. The Morgan fingerprint density at radius 3 is 2.58 bits per heavy atom. The van der Waals surface area contributed by atoms with E-state index in [1.54, 1.807) is 0 Å². The van der Waals surface area contributed by atoms with Crippen molar-refractivity contribution in [2.24, 2.45) is 0 Å². The second kappa shape index (κ2) is 3.30. The summed E-state index contributed by atoms with van der Waals surface area (Å²) in [6.07, 6.45) is 17.0. The largest absolute Gasteiger partial charge is 0.382 e. The van der Waals surface area contributed by atoms with Crippen molar-refractivity contribution in [1.29, 1.82) is 0 Å². The lowest BCUT2D eigenvalue weighted by molar-refractivity contribution is 0.557. The normalized spacial score (nSPS) is 31.3. The van der Waals surface area contributed by atoms with Gasteiger partial charge in [-0.1, -0.05) is 18.2 Å². The highest BCUT2D eigenvalue weighted by Gasteiger charge is 2.15. The van der Waals surface area contributed by atoms with Gasteiger partial charge in [0.1, 0.15) is 0 Å². The zero-order valence-electron chi connectivity index (χ0n) is 6.70. The second-order valence-electron chi connectivity index (χ2n) is 2.80. The third-order valence-corrected chi connectivity index (χ3v) is 1.95. The highest BCUT2D eigenvalue weighted by atomic mass is 15.0. The molecule has 2 N–H and O–H groups in total. The summed E-state index contributed by atoms with van der Waals surface area (Å²) < 4.78 is 0. The number of hydrogen-bond donors (Lipinski definition) is 2. The Balaban J connectivity index is 2.01. The Morgan fingerprint density at radius 1 is 1.00 bits per heavy atom. The third kappa shape index (κ3) is 1.42. The van der Waals surface area contributed by atoms with Gasteiger partial charge in [-0.3, -0.25) is 0 Å². The summed E-state index contributed by atoms with van der Waals surface area (Å²) in [5, 5.41) is 6.50. The molecule has 2 heteroatoms. The molecule has 1 radical (unpaired) electrons. The molecule has 2 nitrogen and oxygen atoms in total. The predicted molar refractivity (Wildman–Crippen MR) is 49.1 cm³/mol. The molecule has 0 saturated heterocycles. The molecule has 0 fully saturated rings. The van der Waals surface area contributed by atoms with Gasteiger partial charge in [0.15, 0.2) is 0 Å². The first-order valence-corrected chi connectivity index (χ1v) is 4.07. The fourth-order valence-corrected chi connectivity index (χ4v) is 1.31. The average Bonchev–Trinajstić information content (AvgIpc) is 2.21. The van der Waals surface area contributed by atoms with Crippen LogP contribution in [0.5, 0.6) is 0 Å². The molecule has 0 saturated carbocycles. The Bertz CT molecular complexity index is 233. The lowest BCUT2D eigenvalue weighted by Crippen LogP contribution is -2.43. The lowest BCUT2D eigenvalue weighted by Gasteiger charge is -2.25. The monoisotopic (exact) mass is 159 g/mol.